The zero-order valence-electron chi connectivity index (χ0n) is 16.2. The van der Waals surface area contributed by atoms with Crippen LogP contribution in [0.5, 0.6) is 5.75 Å². The number of hydrogen-bond acceptors (Lipinski definition) is 4. The summed E-state index contributed by atoms with van der Waals surface area (Å²) in [4.78, 5) is 16.5. The van der Waals surface area contributed by atoms with E-state index in [0.29, 0.717) is 23.1 Å². The maximum atomic E-state index is 12.1. The van der Waals surface area contributed by atoms with Crippen molar-refractivity contribution in [2.24, 2.45) is 0 Å². The molecule has 3 heterocycles. The van der Waals surface area contributed by atoms with Crippen LogP contribution in [0.2, 0.25) is 5.02 Å². The van der Waals surface area contributed by atoms with Gasteiger partial charge in [-0.15, -0.1) is 0 Å². The van der Waals surface area contributed by atoms with E-state index in [1.807, 2.05) is 35.0 Å². The largest absolute Gasteiger partial charge is 0.503 e. The summed E-state index contributed by atoms with van der Waals surface area (Å²) in [5, 5.41) is 15.6. The number of aromatic nitrogens is 4. The predicted molar refractivity (Wildman–Crippen MR) is 115 cm³/mol. The fourth-order valence-electron chi connectivity index (χ4n) is 4.23. The fourth-order valence-corrected chi connectivity index (χ4v) is 4.43. The number of aromatic hydroxyl groups is 1. The topological polar surface area (TPSA) is 72.9 Å². The Hall–Kier alpha value is -3.38. The van der Waals surface area contributed by atoms with Gasteiger partial charge in [-0.2, -0.15) is 5.10 Å². The zero-order chi connectivity index (χ0) is 20.8. The van der Waals surface area contributed by atoms with Crippen LogP contribution in [-0.2, 0) is 6.54 Å². The Labute approximate surface area is 178 Å². The summed E-state index contributed by atoms with van der Waals surface area (Å²) in [5.74, 6) is 0.0894. The quantitative estimate of drug-likeness (QED) is 0.542. The average molecular weight is 419 g/mol. The van der Waals surface area contributed by atoms with Crippen molar-refractivity contribution in [3.8, 4) is 17.3 Å². The summed E-state index contributed by atoms with van der Waals surface area (Å²) in [6.45, 7) is 2.64. The molecule has 150 valence electrons. The summed E-state index contributed by atoms with van der Waals surface area (Å²) in [7, 11) is 0. The minimum absolute atomic E-state index is 0.104. The summed E-state index contributed by atoms with van der Waals surface area (Å²) in [5.41, 5.74) is 3.12. The van der Waals surface area contributed by atoms with E-state index in [1.165, 1.54) is 5.56 Å². The number of hydrogen-bond donors (Lipinski definition) is 1. The molecule has 0 spiro atoms. The number of fused-ring (bicyclic) bond motifs is 3. The normalized spacial score (nSPS) is 16.0. The van der Waals surface area contributed by atoms with Gasteiger partial charge in [0, 0.05) is 29.9 Å². The van der Waals surface area contributed by atoms with E-state index in [4.69, 9.17) is 11.6 Å². The van der Waals surface area contributed by atoms with Crippen molar-refractivity contribution < 1.29 is 5.11 Å². The minimum atomic E-state index is -0.522. The number of nitrogens with zero attached hydrogens (tertiary/aromatic N) is 4. The molecule has 6 nitrogen and oxygen atoms in total. The Morgan fingerprint density at radius 3 is 2.73 bits per heavy atom. The van der Waals surface area contributed by atoms with E-state index in [-0.39, 0.29) is 17.7 Å². The lowest BCUT2D eigenvalue weighted by Crippen LogP contribution is -2.32. The smallest absolute Gasteiger partial charge is 0.242 e. The summed E-state index contributed by atoms with van der Waals surface area (Å²) in [6, 6.07) is 15.9. The van der Waals surface area contributed by atoms with E-state index < -0.39 is 5.43 Å². The van der Waals surface area contributed by atoms with Crippen LogP contribution in [0.4, 0.5) is 0 Å². The first-order chi connectivity index (χ1) is 14.5. The van der Waals surface area contributed by atoms with Gasteiger partial charge in [-0.05, 0) is 30.2 Å². The van der Waals surface area contributed by atoms with Gasteiger partial charge >= 0.3 is 0 Å². The Balaban J connectivity index is 1.76. The third kappa shape index (κ3) is 3.00. The van der Waals surface area contributed by atoms with Gasteiger partial charge in [0.2, 0.25) is 5.43 Å². The fraction of sp³-hybridized carbons (Fsp3) is 0.174. The van der Waals surface area contributed by atoms with Gasteiger partial charge in [-0.1, -0.05) is 53.6 Å². The van der Waals surface area contributed by atoms with Crippen LogP contribution >= 0.6 is 11.6 Å². The molecule has 0 fully saturated rings. The Morgan fingerprint density at radius 2 is 1.97 bits per heavy atom. The second-order valence-electron chi connectivity index (χ2n) is 7.56. The van der Waals surface area contributed by atoms with E-state index in [2.05, 4.69) is 41.3 Å². The molecule has 2 aromatic carbocycles. The number of halogens is 1. The third-order valence-electron chi connectivity index (χ3n) is 5.64. The van der Waals surface area contributed by atoms with Gasteiger partial charge in [0.15, 0.2) is 11.6 Å². The van der Waals surface area contributed by atoms with Crippen molar-refractivity contribution in [3.63, 3.8) is 0 Å². The van der Waals surface area contributed by atoms with Crippen LogP contribution < -0.4 is 5.43 Å². The molecule has 7 heteroatoms. The van der Waals surface area contributed by atoms with E-state index in [1.54, 1.807) is 10.9 Å². The first-order valence-electron chi connectivity index (χ1n) is 9.67. The molecule has 0 amide bonds. The van der Waals surface area contributed by atoms with Gasteiger partial charge in [0.1, 0.15) is 5.69 Å². The van der Waals surface area contributed by atoms with Gasteiger partial charge in [0.25, 0.3) is 0 Å². The minimum Gasteiger partial charge on any atom is -0.503 e. The molecule has 1 aliphatic rings. The zero-order valence-corrected chi connectivity index (χ0v) is 17.0. The van der Waals surface area contributed by atoms with Crippen molar-refractivity contribution in [3.05, 3.63) is 99.1 Å². The van der Waals surface area contributed by atoms with E-state index >= 15 is 0 Å². The van der Waals surface area contributed by atoms with Crippen molar-refractivity contribution in [2.75, 3.05) is 0 Å². The number of aryl methyl sites for hydroxylation is 1. The summed E-state index contributed by atoms with van der Waals surface area (Å²) in [6.07, 6.45) is 4.68. The summed E-state index contributed by atoms with van der Waals surface area (Å²) < 4.78 is 3.68. The van der Waals surface area contributed by atoms with Crippen LogP contribution in [0.1, 0.15) is 28.7 Å². The van der Waals surface area contributed by atoms with Gasteiger partial charge in [-0.25, -0.2) is 4.98 Å². The van der Waals surface area contributed by atoms with Gasteiger partial charge < -0.3 is 9.67 Å². The lowest BCUT2D eigenvalue weighted by Gasteiger charge is -2.34. The molecule has 2 aromatic heterocycles. The van der Waals surface area contributed by atoms with E-state index in [9.17, 15) is 9.90 Å². The molecular weight excluding hydrogens is 400 g/mol. The molecule has 0 bridgehead atoms. The molecule has 0 aliphatic carbocycles. The summed E-state index contributed by atoms with van der Waals surface area (Å²) >= 11 is 6.33. The molecule has 2 atom stereocenters. The maximum Gasteiger partial charge on any atom is 0.242 e. The SMILES string of the molecule is Cc1ccc([C@@H](c2cccc(Cl)c2)[C@H]2Cn3ccnc3-c3c(O)c(=O)cnn32)cc1. The molecule has 1 aliphatic heterocycles. The molecule has 5 rings (SSSR count). The van der Waals surface area contributed by atoms with E-state index in [0.717, 1.165) is 17.3 Å². The molecule has 0 saturated carbocycles. The number of imidazole rings is 1. The highest BCUT2D eigenvalue weighted by atomic mass is 35.5. The standard InChI is InChI=1S/C23H19ClN4O2/c1-14-5-7-15(8-6-14)20(16-3-2-4-17(24)11-16)18-13-27-10-9-25-23(27)21-22(30)19(29)12-26-28(18)21/h2-12,18,20,30H,13H2,1H3/t18-,20+/m1/s1. The second kappa shape index (κ2) is 7.15. The van der Waals surface area contributed by atoms with Crippen LogP contribution in [0.25, 0.3) is 11.5 Å². The average Bonchev–Trinajstić information content (AvgIpc) is 3.20. The highest BCUT2D eigenvalue weighted by molar-refractivity contribution is 6.30. The maximum absolute atomic E-state index is 12.1. The molecular formula is C23H19ClN4O2. The van der Waals surface area contributed by atoms with Crippen LogP contribution in [0.3, 0.4) is 0 Å². The van der Waals surface area contributed by atoms with Gasteiger partial charge in [-0.3, -0.25) is 9.48 Å². The third-order valence-corrected chi connectivity index (χ3v) is 5.88. The number of rotatable bonds is 3. The Bertz CT molecular complexity index is 1290. The highest BCUT2D eigenvalue weighted by Crippen LogP contribution is 2.42. The van der Waals surface area contributed by atoms with Crippen LogP contribution in [0.15, 0.2) is 71.9 Å². The Morgan fingerprint density at radius 1 is 1.17 bits per heavy atom. The molecule has 1 N–H and O–H groups in total. The highest BCUT2D eigenvalue weighted by Gasteiger charge is 2.35. The molecule has 0 unspecified atom stereocenters. The van der Waals surface area contributed by atoms with Crippen LogP contribution in [0, 0.1) is 6.92 Å². The molecule has 0 saturated heterocycles. The predicted octanol–water partition coefficient (Wildman–Crippen LogP) is 4.16. The first-order valence-corrected chi connectivity index (χ1v) is 10.0. The van der Waals surface area contributed by atoms with Gasteiger partial charge in [0.05, 0.1) is 12.2 Å². The van der Waals surface area contributed by atoms with Crippen molar-refractivity contribution in [1.82, 2.24) is 19.3 Å². The molecule has 4 aromatic rings. The lowest BCUT2D eigenvalue weighted by atomic mass is 9.84. The van der Waals surface area contributed by atoms with Crippen molar-refractivity contribution >= 4 is 11.6 Å². The molecule has 30 heavy (non-hydrogen) atoms. The first kappa shape index (κ1) is 18.6. The lowest BCUT2D eigenvalue weighted by molar-refractivity contribution is 0.331. The van der Waals surface area contributed by atoms with Crippen molar-refractivity contribution in [1.29, 1.82) is 0 Å². The van der Waals surface area contributed by atoms with Crippen molar-refractivity contribution in [2.45, 2.75) is 25.4 Å². The monoisotopic (exact) mass is 418 g/mol. The van der Waals surface area contributed by atoms with Crippen LogP contribution in [-0.4, -0.2) is 24.4 Å². The Kier molecular flexibility index (Phi) is 4.44. The second-order valence-corrected chi connectivity index (χ2v) is 8.00. The molecule has 0 radical (unpaired) electrons. The number of benzene rings is 2.